The van der Waals surface area contributed by atoms with Gasteiger partial charge in [0.05, 0.1) is 4.92 Å². The molecule has 0 atom stereocenters. The van der Waals surface area contributed by atoms with E-state index in [1.165, 1.54) is 12.1 Å². The Morgan fingerprint density at radius 3 is 2.62 bits per heavy atom. The fraction of sp³-hybridized carbons (Fsp3) is 0.333. The second kappa shape index (κ2) is 6.90. The molecule has 0 unspecified atom stereocenters. The molecular weight excluding hydrogens is 268 g/mol. The first-order valence-corrected chi connectivity index (χ1v) is 6.89. The largest absolute Gasteiger partial charge is 0.313 e. The van der Waals surface area contributed by atoms with E-state index in [1.54, 1.807) is 18.5 Å². The first-order chi connectivity index (χ1) is 10.1. The van der Waals surface area contributed by atoms with Crippen LogP contribution in [-0.4, -0.2) is 21.4 Å². The van der Waals surface area contributed by atoms with Gasteiger partial charge in [-0.1, -0.05) is 13.0 Å². The Kier molecular flexibility index (Phi) is 4.94. The number of aromatic nitrogens is 2. The molecule has 0 aliphatic carbocycles. The van der Waals surface area contributed by atoms with E-state index in [-0.39, 0.29) is 5.69 Å². The van der Waals surface area contributed by atoms with Gasteiger partial charge in [0.15, 0.2) is 5.82 Å². The molecule has 6 nitrogen and oxygen atoms in total. The maximum Gasteiger partial charge on any atom is 0.270 e. The summed E-state index contributed by atoms with van der Waals surface area (Å²) in [7, 11) is 0. The zero-order valence-electron chi connectivity index (χ0n) is 12.2. The third-order valence-corrected chi connectivity index (χ3v) is 3.13. The number of nitrogens with one attached hydrogen (secondary N) is 1. The fourth-order valence-electron chi connectivity index (χ4n) is 1.96. The van der Waals surface area contributed by atoms with E-state index in [1.807, 2.05) is 6.92 Å². The minimum atomic E-state index is -0.411. The molecule has 1 aromatic carbocycles. The first kappa shape index (κ1) is 15.1. The maximum atomic E-state index is 10.9. The summed E-state index contributed by atoms with van der Waals surface area (Å²) < 4.78 is 0. The van der Waals surface area contributed by atoms with Gasteiger partial charge in [0.25, 0.3) is 5.69 Å². The molecular formula is C15H18N4O2. The summed E-state index contributed by atoms with van der Waals surface area (Å²) in [5.41, 5.74) is 2.65. The molecule has 0 aliphatic rings. The molecule has 1 heterocycles. The van der Waals surface area contributed by atoms with Crippen molar-refractivity contribution in [3.8, 4) is 11.4 Å². The van der Waals surface area contributed by atoms with Crippen molar-refractivity contribution in [3.63, 3.8) is 0 Å². The van der Waals surface area contributed by atoms with Crippen molar-refractivity contribution in [2.75, 3.05) is 6.54 Å². The summed E-state index contributed by atoms with van der Waals surface area (Å²) in [4.78, 5) is 19.1. The van der Waals surface area contributed by atoms with Crippen molar-refractivity contribution in [3.05, 3.63) is 51.8 Å². The Hall–Kier alpha value is -2.34. The van der Waals surface area contributed by atoms with Crippen LogP contribution in [0, 0.1) is 17.0 Å². The summed E-state index contributed by atoms with van der Waals surface area (Å²) in [5, 5.41) is 14.1. The van der Waals surface area contributed by atoms with E-state index in [0.717, 1.165) is 30.6 Å². The van der Waals surface area contributed by atoms with E-state index in [0.29, 0.717) is 11.4 Å². The number of nitrogens with zero attached hydrogens (tertiary/aromatic N) is 3. The smallest absolute Gasteiger partial charge is 0.270 e. The molecule has 0 fully saturated rings. The number of nitro benzene ring substituents is 1. The SMILES string of the molecule is CCCNCc1cnc(-c2cc([N+](=O)[O-])ccc2C)nc1. The number of nitro groups is 1. The summed E-state index contributed by atoms with van der Waals surface area (Å²) >= 11 is 0. The summed E-state index contributed by atoms with van der Waals surface area (Å²) in [5.74, 6) is 0.510. The summed E-state index contributed by atoms with van der Waals surface area (Å²) in [6.07, 6.45) is 4.58. The summed E-state index contributed by atoms with van der Waals surface area (Å²) in [6, 6.07) is 4.72. The van der Waals surface area contributed by atoms with E-state index in [2.05, 4.69) is 22.2 Å². The minimum absolute atomic E-state index is 0.0490. The van der Waals surface area contributed by atoms with Crippen LogP contribution in [0.2, 0.25) is 0 Å². The van der Waals surface area contributed by atoms with Crippen LogP contribution in [0.5, 0.6) is 0 Å². The van der Waals surface area contributed by atoms with Gasteiger partial charge in [0, 0.05) is 42.2 Å². The second-order valence-electron chi connectivity index (χ2n) is 4.85. The van der Waals surface area contributed by atoms with Crippen molar-refractivity contribution >= 4 is 5.69 Å². The molecule has 0 saturated carbocycles. The molecule has 0 spiro atoms. The van der Waals surface area contributed by atoms with Crippen LogP contribution in [0.1, 0.15) is 24.5 Å². The molecule has 0 saturated heterocycles. The fourth-order valence-corrected chi connectivity index (χ4v) is 1.96. The topological polar surface area (TPSA) is 81.0 Å². The minimum Gasteiger partial charge on any atom is -0.313 e. The van der Waals surface area contributed by atoms with Gasteiger partial charge in [-0.15, -0.1) is 0 Å². The van der Waals surface area contributed by atoms with E-state index in [4.69, 9.17) is 0 Å². The standard InChI is InChI=1S/C15H18N4O2/c1-3-6-16-8-12-9-17-15(18-10-12)14-7-13(19(20)21)5-4-11(14)2/h4-5,7,9-10,16H,3,6,8H2,1-2H3. The Morgan fingerprint density at radius 1 is 1.29 bits per heavy atom. The molecule has 6 heteroatoms. The van der Waals surface area contributed by atoms with Crippen LogP contribution in [0.15, 0.2) is 30.6 Å². The van der Waals surface area contributed by atoms with Crippen LogP contribution in [0.4, 0.5) is 5.69 Å². The Morgan fingerprint density at radius 2 is 2.00 bits per heavy atom. The molecule has 0 bridgehead atoms. The second-order valence-corrected chi connectivity index (χ2v) is 4.85. The van der Waals surface area contributed by atoms with Crippen LogP contribution in [0.3, 0.4) is 0 Å². The average molecular weight is 286 g/mol. The maximum absolute atomic E-state index is 10.9. The van der Waals surface area contributed by atoms with Crippen LogP contribution in [0.25, 0.3) is 11.4 Å². The zero-order chi connectivity index (χ0) is 15.2. The molecule has 110 valence electrons. The van der Waals surface area contributed by atoms with Crippen molar-refractivity contribution in [2.45, 2.75) is 26.8 Å². The Labute approximate surface area is 123 Å². The number of rotatable bonds is 6. The van der Waals surface area contributed by atoms with E-state index in [9.17, 15) is 10.1 Å². The number of hydrogen-bond donors (Lipinski definition) is 1. The lowest BCUT2D eigenvalue weighted by Crippen LogP contribution is -2.14. The highest BCUT2D eigenvalue weighted by atomic mass is 16.6. The molecule has 1 N–H and O–H groups in total. The normalized spacial score (nSPS) is 10.6. The number of aryl methyl sites for hydroxylation is 1. The van der Waals surface area contributed by atoms with Crippen LogP contribution < -0.4 is 5.32 Å². The molecule has 1 aromatic heterocycles. The number of hydrogen-bond acceptors (Lipinski definition) is 5. The third kappa shape index (κ3) is 3.82. The Balaban J connectivity index is 2.22. The Bertz CT molecular complexity index is 626. The van der Waals surface area contributed by atoms with Gasteiger partial charge in [-0.2, -0.15) is 0 Å². The first-order valence-electron chi connectivity index (χ1n) is 6.89. The predicted molar refractivity (Wildman–Crippen MR) is 80.9 cm³/mol. The zero-order valence-corrected chi connectivity index (χ0v) is 12.2. The van der Waals surface area contributed by atoms with Crippen LogP contribution in [-0.2, 0) is 6.54 Å². The highest BCUT2D eigenvalue weighted by Gasteiger charge is 2.12. The lowest BCUT2D eigenvalue weighted by atomic mass is 10.1. The monoisotopic (exact) mass is 286 g/mol. The molecule has 2 rings (SSSR count). The third-order valence-electron chi connectivity index (χ3n) is 3.13. The van der Waals surface area contributed by atoms with Gasteiger partial charge in [0.2, 0.25) is 0 Å². The lowest BCUT2D eigenvalue weighted by molar-refractivity contribution is -0.384. The number of non-ortho nitro benzene ring substituents is 1. The quantitative estimate of drug-likeness (QED) is 0.501. The average Bonchev–Trinajstić information content (AvgIpc) is 2.48. The van der Waals surface area contributed by atoms with Gasteiger partial charge >= 0.3 is 0 Å². The number of benzene rings is 1. The highest BCUT2D eigenvalue weighted by Crippen LogP contribution is 2.24. The molecule has 0 radical (unpaired) electrons. The highest BCUT2D eigenvalue weighted by molar-refractivity contribution is 5.63. The van der Waals surface area contributed by atoms with Gasteiger partial charge < -0.3 is 5.32 Å². The van der Waals surface area contributed by atoms with Crippen LogP contribution >= 0.6 is 0 Å². The van der Waals surface area contributed by atoms with Gasteiger partial charge in [0.1, 0.15) is 0 Å². The lowest BCUT2D eigenvalue weighted by Gasteiger charge is -2.06. The molecule has 21 heavy (non-hydrogen) atoms. The van der Waals surface area contributed by atoms with Crippen molar-refractivity contribution < 1.29 is 4.92 Å². The van der Waals surface area contributed by atoms with Gasteiger partial charge in [-0.3, -0.25) is 10.1 Å². The molecule has 2 aromatic rings. The summed E-state index contributed by atoms with van der Waals surface area (Å²) in [6.45, 7) is 5.67. The predicted octanol–water partition coefficient (Wildman–Crippen LogP) is 2.86. The van der Waals surface area contributed by atoms with Gasteiger partial charge in [-0.25, -0.2) is 9.97 Å². The van der Waals surface area contributed by atoms with Crippen molar-refractivity contribution in [2.24, 2.45) is 0 Å². The molecule has 0 amide bonds. The molecule has 0 aliphatic heterocycles. The van der Waals surface area contributed by atoms with E-state index < -0.39 is 4.92 Å². The van der Waals surface area contributed by atoms with Crippen molar-refractivity contribution in [1.29, 1.82) is 0 Å². The van der Waals surface area contributed by atoms with E-state index >= 15 is 0 Å². The van der Waals surface area contributed by atoms with Crippen molar-refractivity contribution in [1.82, 2.24) is 15.3 Å². The van der Waals surface area contributed by atoms with Gasteiger partial charge in [-0.05, 0) is 25.5 Å².